The summed E-state index contributed by atoms with van der Waals surface area (Å²) < 4.78 is 7.74. The number of methoxy groups -OCH3 is 1. The molecule has 4 aromatic rings. The quantitative estimate of drug-likeness (QED) is 0.525. The maximum absolute atomic E-state index is 5.39. The third-order valence-corrected chi connectivity index (χ3v) is 4.25. The van der Waals surface area contributed by atoms with Gasteiger partial charge in [0.15, 0.2) is 0 Å². The standard InChI is InChI=1S/C19H17NO/c1-3-16-17-9-5-7-14-10-11-18(20(14)17)19(16)13-6-4-8-15(12-13)21-2/h4-12H,3H2,1-2H3. The van der Waals surface area contributed by atoms with Crippen LogP contribution >= 0.6 is 0 Å². The molecule has 3 aromatic heterocycles. The Kier molecular flexibility index (Phi) is 2.64. The lowest BCUT2D eigenvalue weighted by Crippen LogP contribution is -1.86. The van der Waals surface area contributed by atoms with Crippen molar-refractivity contribution < 1.29 is 4.74 Å². The van der Waals surface area contributed by atoms with Gasteiger partial charge in [-0.2, -0.15) is 0 Å². The second-order valence-corrected chi connectivity index (χ2v) is 5.33. The molecule has 0 spiro atoms. The van der Waals surface area contributed by atoms with Gasteiger partial charge in [0.1, 0.15) is 5.75 Å². The van der Waals surface area contributed by atoms with Crippen molar-refractivity contribution in [3.05, 3.63) is 60.2 Å². The number of aromatic nitrogens is 1. The molecule has 0 saturated heterocycles. The zero-order chi connectivity index (χ0) is 14.4. The summed E-state index contributed by atoms with van der Waals surface area (Å²) in [5.41, 5.74) is 7.81. The minimum atomic E-state index is 0.902. The highest BCUT2D eigenvalue weighted by atomic mass is 16.5. The van der Waals surface area contributed by atoms with Crippen LogP contribution in [-0.2, 0) is 6.42 Å². The van der Waals surface area contributed by atoms with Gasteiger partial charge in [-0.3, -0.25) is 0 Å². The second kappa shape index (κ2) is 4.52. The predicted octanol–water partition coefficient (Wildman–Crippen LogP) is 4.77. The highest BCUT2D eigenvalue weighted by Gasteiger charge is 2.17. The third-order valence-electron chi connectivity index (χ3n) is 4.25. The molecular weight excluding hydrogens is 258 g/mol. The number of ether oxygens (including phenoxy) is 1. The van der Waals surface area contributed by atoms with E-state index >= 15 is 0 Å². The summed E-state index contributed by atoms with van der Waals surface area (Å²) in [5, 5.41) is 0. The van der Waals surface area contributed by atoms with Crippen molar-refractivity contribution >= 4 is 16.6 Å². The Bertz CT molecular complexity index is 920. The average molecular weight is 275 g/mol. The minimum Gasteiger partial charge on any atom is -0.497 e. The first-order valence-electron chi connectivity index (χ1n) is 7.32. The fraction of sp³-hybridized carbons (Fsp3) is 0.158. The van der Waals surface area contributed by atoms with Crippen LogP contribution in [0.1, 0.15) is 12.5 Å². The molecule has 104 valence electrons. The smallest absolute Gasteiger partial charge is 0.119 e. The number of rotatable bonds is 3. The van der Waals surface area contributed by atoms with Crippen LogP contribution in [0.3, 0.4) is 0 Å². The molecule has 3 heterocycles. The van der Waals surface area contributed by atoms with Crippen molar-refractivity contribution in [1.82, 2.24) is 4.40 Å². The molecule has 0 aliphatic rings. The molecular formula is C19H17NO. The Balaban J connectivity index is 2.11. The van der Waals surface area contributed by atoms with E-state index in [-0.39, 0.29) is 0 Å². The van der Waals surface area contributed by atoms with E-state index in [1.165, 1.54) is 33.2 Å². The molecule has 1 aromatic carbocycles. The molecule has 0 radical (unpaired) electrons. The maximum Gasteiger partial charge on any atom is 0.119 e. The van der Waals surface area contributed by atoms with Gasteiger partial charge in [0.25, 0.3) is 0 Å². The summed E-state index contributed by atoms with van der Waals surface area (Å²) in [6.07, 6.45) is 1.02. The number of pyridine rings is 1. The number of hydrogen-bond donors (Lipinski definition) is 0. The second-order valence-electron chi connectivity index (χ2n) is 5.33. The fourth-order valence-corrected chi connectivity index (χ4v) is 3.34. The van der Waals surface area contributed by atoms with E-state index in [1.807, 2.05) is 6.07 Å². The van der Waals surface area contributed by atoms with Crippen LogP contribution in [-0.4, -0.2) is 11.5 Å². The molecule has 0 amide bonds. The average Bonchev–Trinajstić information content (AvgIpc) is 3.10. The molecule has 0 fully saturated rings. The van der Waals surface area contributed by atoms with Gasteiger partial charge in [-0.05, 0) is 53.9 Å². The Labute approximate surface area is 123 Å². The van der Waals surface area contributed by atoms with Gasteiger partial charge in [0, 0.05) is 11.1 Å². The van der Waals surface area contributed by atoms with Gasteiger partial charge < -0.3 is 9.14 Å². The Hall–Kier alpha value is -2.48. The van der Waals surface area contributed by atoms with Crippen LogP contribution < -0.4 is 4.74 Å². The lowest BCUT2D eigenvalue weighted by molar-refractivity contribution is 0.415. The number of benzene rings is 1. The molecule has 0 aliphatic heterocycles. The van der Waals surface area contributed by atoms with Crippen LogP contribution in [0.25, 0.3) is 27.7 Å². The zero-order valence-electron chi connectivity index (χ0n) is 12.3. The molecule has 0 N–H and O–H groups in total. The summed E-state index contributed by atoms with van der Waals surface area (Å²) in [4.78, 5) is 0. The first-order valence-corrected chi connectivity index (χ1v) is 7.32. The highest BCUT2D eigenvalue weighted by molar-refractivity contribution is 5.95. The Morgan fingerprint density at radius 3 is 2.62 bits per heavy atom. The molecule has 2 nitrogen and oxygen atoms in total. The van der Waals surface area contributed by atoms with Crippen molar-refractivity contribution in [3.8, 4) is 16.9 Å². The van der Waals surface area contributed by atoms with E-state index in [4.69, 9.17) is 4.74 Å². The minimum absolute atomic E-state index is 0.902. The van der Waals surface area contributed by atoms with Gasteiger partial charge in [-0.1, -0.05) is 25.1 Å². The molecule has 0 atom stereocenters. The Morgan fingerprint density at radius 1 is 0.952 bits per heavy atom. The van der Waals surface area contributed by atoms with Crippen molar-refractivity contribution in [2.24, 2.45) is 0 Å². The van der Waals surface area contributed by atoms with Gasteiger partial charge in [0.05, 0.1) is 18.1 Å². The molecule has 4 rings (SSSR count). The van der Waals surface area contributed by atoms with Gasteiger partial charge >= 0.3 is 0 Å². The molecule has 0 aliphatic carbocycles. The summed E-state index contributed by atoms with van der Waals surface area (Å²) in [6.45, 7) is 2.22. The van der Waals surface area contributed by atoms with E-state index < -0.39 is 0 Å². The SMILES string of the molecule is CCc1c(-c2cccc(OC)c2)c2ccc3cccc1n32. The first kappa shape index (κ1) is 12.3. The van der Waals surface area contributed by atoms with Crippen molar-refractivity contribution in [3.63, 3.8) is 0 Å². The van der Waals surface area contributed by atoms with E-state index in [9.17, 15) is 0 Å². The maximum atomic E-state index is 5.39. The van der Waals surface area contributed by atoms with E-state index in [1.54, 1.807) is 7.11 Å². The largest absolute Gasteiger partial charge is 0.497 e. The zero-order valence-corrected chi connectivity index (χ0v) is 12.3. The topological polar surface area (TPSA) is 13.6 Å². The monoisotopic (exact) mass is 275 g/mol. The third kappa shape index (κ3) is 1.65. The van der Waals surface area contributed by atoms with E-state index in [0.717, 1.165) is 12.2 Å². The number of aryl methyl sites for hydroxylation is 1. The van der Waals surface area contributed by atoms with Crippen LogP contribution in [0.4, 0.5) is 0 Å². The Morgan fingerprint density at radius 2 is 1.81 bits per heavy atom. The first-order chi connectivity index (χ1) is 10.3. The molecule has 0 saturated carbocycles. The summed E-state index contributed by atoms with van der Waals surface area (Å²) in [7, 11) is 1.72. The molecule has 0 bridgehead atoms. The summed E-state index contributed by atoms with van der Waals surface area (Å²) in [6, 6.07) is 19.3. The van der Waals surface area contributed by atoms with Crippen LogP contribution in [0.5, 0.6) is 5.75 Å². The molecule has 2 heteroatoms. The van der Waals surface area contributed by atoms with Gasteiger partial charge in [-0.25, -0.2) is 0 Å². The van der Waals surface area contributed by atoms with Crippen LogP contribution in [0.2, 0.25) is 0 Å². The van der Waals surface area contributed by atoms with E-state index in [0.29, 0.717) is 0 Å². The van der Waals surface area contributed by atoms with Gasteiger partial charge in [-0.15, -0.1) is 0 Å². The van der Waals surface area contributed by atoms with Crippen molar-refractivity contribution in [2.75, 3.05) is 7.11 Å². The lowest BCUT2D eigenvalue weighted by Gasteiger charge is -2.06. The van der Waals surface area contributed by atoms with E-state index in [2.05, 4.69) is 59.9 Å². The number of hydrogen-bond acceptors (Lipinski definition) is 1. The van der Waals surface area contributed by atoms with Gasteiger partial charge in [0.2, 0.25) is 0 Å². The predicted molar refractivity (Wildman–Crippen MR) is 87.5 cm³/mol. The summed E-state index contributed by atoms with van der Waals surface area (Å²) >= 11 is 0. The molecule has 0 unspecified atom stereocenters. The lowest BCUT2D eigenvalue weighted by atomic mass is 9.99. The molecule has 21 heavy (non-hydrogen) atoms. The fourth-order valence-electron chi connectivity index (χ4n) is 3.34. The highest BCUT2D eigenvalue weighted by Crippen LogP contribution is 2.37. The van der Waals surface area contributed by atoms with Crippen LogP contribution in [0.15, 0.2) is 54.6 Å². The summed E-state index contributed by atoms with van der Waals surface area (Å²) in [5.74, 6) is 0.902. The number of nitrogens with zero attached hydrogens (tertiary/aromatic N) is 1. The van der Waals surface area contributed by atoms with Crippen LogP contribution in [0, 0.1) is 0 Å². The normalized spacial score (nSPS) is 11.5. The van der Waals surface area contributed by atoms with Crippen molar-refractivity contribution in [1.29, 1.82) is 0 Å². The van der Waals surface area contributed by atoms with Crippen molar-refractivity contribution in [2.45, 2.75) is 13.3 Å².